The summed E-state index contributed by atoms with van der Waals surface area (Å²) in [5, 5.41) is 0. The Morgan fingerprint density at radius 3 is 2.63 bits per heavy atom. The van der Waals surface area contributed by atoms with Gasteiger partial charge in [0.1, 0.15) is 5.75 Å². The van der Waals surface area contributed by atoms with Crippen LogP contribution in [0.4, 0.5) is 0 Å². The molecule has 0 aliphatic carbocycles. The summed E-state index contributed by atoms with van der Waals surface area (Å²) in [6.45, 7) is 1.45. The molecule has 1 aromatic rings. The molecule has 19 heavy (non-hydrogen) atoms. The SMILES string of the molecule is COc1ccc(/C=C/C(=O)N2CCC(OC)C2)cc1. The molecule has 0 N–H and O–H groups in total. The summed E-state index contributed by atoms with van der Waals surface area (Å²) in [5.41, 5.74) is 0.983. The van der Waals surface area contributed by atoms with E-state index in [1.165, 1.54) is 0 Å². The van der Waals surface area contributed by atoms with Gasteiger partial charge in [-0.3, -0.25) is 4.79 Å². The quantitative estimate of drug-likeness (QED) is 0.778. The molecule has 0 aromatic heterocycles. The molecule has 4 nitrogen and oxygen atoms in total. The van der Waals surface area contributed by atoms with E-state index in [0.717, 1.165) is 24.3 Å². The van der Waals surface area contributed by atoms with E-state index in [4.69, 9.17) is 9.47 Å². The predicted molar refractivity (Wildman–Crippen MR) is 74.0 cm³/mol. The number of nitrogens with zero attached hydrogens (tertiary/aromatic N) is 1. The number of hydrogen-bond donors (Lipinski definition) is 0. The van der Waals surface area contributed by atoms with E-state index >= 15 is 0 Å². The van der Waals surface area contributed by atoms with Gasteiger partial charge >= 0.3 is 0 Å². The van der Waals surface area contributed by atoms with Gasteiger partial charge in [-0.05, 0) is 30.2 Å². The van der Waals surface area contributed by atoms with Gasteiger partial charge in [-0.25, -0.2) is 0 Å². The first-order chi connectivity index (χ1) is 9.22. The van der Waals surface area contributed by atoms with Crippen LogP contribution >= 0.6 is 0 Å². The van der Waals surface area contributed by atoms with Gasteiger partial charge in [0.2, 0.25) is 5.91 Å². The van der Waals surface area contributed by atoms with Gasteiger partial charge in [0.05, 0.1) is 13.2 Å². The topological polar surface area (TPSA) is 38.8 Å². The lowest BCUT2D eigenvalue weighted by atomic mass is 10.2. The molecule has 1 unspecified atom stereocenters. The van der Waals surface area contributed by atoms with Crippen LogP contribution in [0.2, 0.25) is 0 Å². The van der Waals surface area contributed by atoms with Crippen molar-refractivity contribution in [2.24, 2.45) is 0 Å². The molecule has 1 aromatic carbocycles. The monoisotopic (exact) mass is 261 g/mol. The molecule has 0 saturated carbocycles. The van der Waals surface area contributed by atoms with Crippen LogP contribution in [0.5, 0.6) is 5.75 Å². The van der Waals surface area contributed by atoms with Gasteiger partial charge in [-0.15, -0.1) is 0 Å². The van der Waals surface area contributed by atoms with Gasteiger partial charge in [0.25, 0.3) is 0 Å². The minimum absolute atomic E-state index is 0.0374. The van der Waals surface area contributed by atoms with E-state index in [0.29, 0.717) is 6.54 Å². The maximum absolute atomic E-state index is 12.0. The summed E-state index contributed by atoms with van der Waals surface area (Å²) in [7, 11) is 3.32. The van der Waals surface area contributed by atoms with E-state index in [1.54, 1.807) is 20.3 Å². The number of carbonyl (C=O) groups excluding carboxylic acids is 1. The number of methoxy groups -OCH3 is 2. The first kappa shape index (κ1) is 13.6. The Morgan fingerprint density at radius 1 is 1.32 bits per heavy atom. The Balaban J connectivity index is 1.92. The highest BCUT2D eigenvalue weighted by molar-refractivity contribution is 5.92. The van der Waals surface area contributed by atoms with E-state index in [2.05, 4.69) is 0 Å². The third-order valence-electron chi connectivity index (χ3n) is 3.32. The molecule has 1 fully saturated rings. The van der Waals surface area contributed by atoms with Crippen molar-refractivity contribution in [2.45, 2.75) is 12.5 Å². The number of carbonyl (C=O) groups is 1. The molecule has 102 valence electrons. The zero-order valence-corrected chi connectivity index (χ0v) is 11.3. The molecule has 1 aliphatic rings. The summed E-state index contributed by atoms with van der Waals surface area (Å²) in [4.78, 5) is 13.8. The number of rotatable bonds is 4. The van der Waals surface area contributed by atoms with Crippen molar-refractivity contribution in [1.82, 2.24) is 4.90 Å². The minimum atomic E-state index is 0.0374. The molecule has 1 amide bonds. The van der Waals surface area contributed by atoms with Crippen LogP contribution in [0.15, 0.2) is 30.3 Å². The molecule has 1 saturated heterocycles. The highest BCUT2D eigenvalue weighted by Gasteiger charge is 2.24. The van der Waals surface area contributed by atoms with Gasteiger partial charge < -0.3 is 14.4 Å². The van der Waals surface area contributed by atoms with Crippen LogP contribution in [0.25, 0.3) is 6.08 Å². The van der Waals surface area contributed by atoms with Crippen molar-refractivity contribution in [3.05, 3.63) is 35.9 Å². The fourth-order valence-corrected chi connectivity index (χ4v) is 2.11. The average molecular weight is 261 g/mol. The molecule has 4 heteroatoms. The lowest BCUT2D eigenvalue weighted by Crippen LogP contribution is -2.28. The normalized spacial score (nSPS) is 19.1. The second-order valence-corrected chi connectivity index (χ2v) is 4.54. The standard InChI is InChI=1S/C15H19NO3/c1-18-13-6-3-12(4-7-13)5-8-15(17)16-10-9-14(11-16)19-2/h3-8,14H,9-11H2,1-2H3/b8-5+. The molecular formula is C15H19NO3. The Morgan fingerprint density at radius 2 is 2.05 bits per heavy atom. The highest BCUT2D eigenvalue weighted by Crippen LogP contribution is 2.14. The van der Waals surface area contributed by atoms with E-state index in [-0.39, 0.29) is 12.0 Å². The lowest BCUT2D eigenvalue weighted by Gasteiger charge is -2.13. The smallest absolute Gasteiger partial charge is 0.246 e. The lowest BCUT2D eigenvalue weighted by molar-refractivity contribution is -0.125. The van der Waals surface area contributed by atoms with Crippen molar-refractivity contribution in [3.8, 4) is 5.75 Å². The van der Waals surface area contributed by atoms with E-state index < -0.39 is 0 Å². The van der Waals surface area contributed by atoms with Crippen LogP contribution in [-0.2, 0) is 9.53 Å². The average Bonchev–Trinajstić information content (AvgIpc) is 2.94. The largest absolute Gasteiger partial charge is 0.497 e. The van der Waals surface area contributed by atoms with Crippen LogP contribution < -0.4 is 4.74 Å². The number of likely N-dealkylation sites (tertiary alicyclic amines) is 1. The van der Waals surface area contributed by atoms with E-state index in [9.17, 15) is 4.79 Å². The van der Waals surface area contributed by atoms with Crippen molar-refractivity contribution >= 4 is 12.0 Å². The van der Waals surface area contributed by atoms with Crippen LogP contribution in [0, 0.1) is 0 Å². The minimum Gasteiger partial charge on any atom is -0.497 e. The summed E-state index contributed by atoms with van der Waals surface area (Å²) in [5.74, 6) is 0.848. The van der Waals surface area contributed by atoms with Crippen molar-refractivity contribution < 1.29 is 14.3 Å². The molecule has 2 rings (SSSR count). The third-order valence-corrected chi connectivity index (χ3v) is 3.32. The number of ether oxygens (including phenoxy) is 2. The molecule has 0 spiro atoms. The summed E-state index contributed by atoms with van der Waals surface area (Å²) < 4.78 is 10.3. The Kier molecular flexibility index (Phi) is 4.58. The Hall–Kier alpha value is -1.81. The molecule has 1 aliphatic heterocycles. The molecular weight excluding hydrogens is 242 g/mol. The summed E-state index contributed by atoms with van der Waals surface area (Å²) >= 11 is 0. The zero-order chi connectivity index (χ0) is 13.7. The van der Waals surface area contributed by atoms with Crippen LogP contribution in [-0.4, -0.2) is 44.2 Å². The van der Waals surface area contributed by atoms with Gasteiger partial charge in [0, 0.05) is 26.3 Å². The Labute approximate surface area is 113 Å². The number of benzene rings is 1. The first-order valence-corrected chi connectivity index (χ1v) is 6.37. The zero-order valence-electron chi connectivity index (χ0n) is 11.3. The van der Waals surface area contributed by atoms with Crippen molar-refractivity contribution in [3.63, 3.8) is 0 Å². The van der Waals surface area contributed by atoms with Crippen molar-refractivity contribution in [2.75, 3.05) is 27.3 Å². The molecule has 0 bridgehead atoms. The highest BCUT2D eigenvalue weighted by atomic mass is 16.5. The fourth-order valence-electron chi connectivity index (χ4n) is 2.11. The third kappa shape index (κ3) is 3.58. The summed E-state index contributed by atoms with van der Waals surface area (Å²) in [6, 6.07) is 7.59. The maximum Gasteiger partial charge on any atom is 0.246 e. The molecule has 1 heterocycles. The second-order valence-electron chi connectivity index (χ2n) is 4.54. The summed E-state index contributed by atoms with van der Waals surface area (Å²) in [6.07, 6.45) is 4.53. The fraction of sp³-hybridized carbons (Fsp3) is 0.400. The van der Waals surface area contributed by atoms with Crippen LogP contribution in [0.3, 0.4) is 0 Å². The van der Waals surface area contributed by atoms with Gasteiger partial charge in [-0.2, -0.15) is 0 Å². The molecule has 0 radical (unpaired) electrons. The number of amides is 1. The number of hydrogen-bond acceptors (Lipinski definition) is 3. The van der Waals surface area contributed by atoms with E-state index in [1.807, 2.05) is 35.2 Å². The van der Waals surface area contributed by atoms with Gasteiger partial charge in [-0.1, -0.05) is 12.1 Å². The first-order valence-electron chi connectivity index (χ1n) is 6.37. The molecule has 1 atom stereocenters. The van der Waals surface area contributed by atoms with Gasteiger partial charge in [0.15, 0.2) is 0 Å². The van der Waals surface area contributed by atoms with Crippen molar-refractivity contribution in [1.29, 1.82) is 0 Å². The Bertz CT molecular complexity index is 453. The van der Waals surface area contributed by atoms with Crippen LogP contribution in [0.1, 0.15) is 12.0 Å². The second kappa shape index (κ2) is 6.38. The maximum atomic E-state index is 12.0. The predicted octanol–water partition coefficient (Wildman–Crippen LogP) is 1.96.